The number of anilines is 1. The van der Waals surface area contributed by atoms with Crippen LogP contribution >= 0.6 is 27.5 Å². The lowest BCUT2D eigenvalue weighted by Crippen LogP contribution is -2.15. The first-order valence-corrected chi connectivity index (χ1v) is 9.50. The van der Waals surface area contributed by atoms with E-state index in [2.05, 4.69) is 15.9 Å². The quantitative estimate of drug-likeness (QED) is 0.530. The number of fused-ring (bicyclic) bond motifs is 1. The fraction of sp³-hybridized carbons (Fsp3) is 0.0667. The van der Waals surface area contributed by atoms with Gasteiger partial charge >= 0.3 is 0 Å². The van der Waals surface area contributed by atoms with E-state index in [0.717, 1.165) is 10.0 Å². The monoisotopic (exact) mass is 446 g/mol. The smallest absolute Gasteiger partial charge is 0.268 e. The van der Waals surface area contributed by atoms with E-state index in [9.17, 15) is 23.9 Å². The van der Waals surface area contributed by atoms with Crippen molar-refractivity contribution in [3.63, 3.8) is 0 Å². The summed E-state index contributed by atoms with van der Waals surface area (Å²) in [6.45, 7) is -0.339. The first kappa shape index (κ1) is 18.2. The van der Waals surface area contributed by atoms with Crippen molar-refractivity contribution >= 4 is 54.1 Å². The van der Waals surface area contributed by atoms with Crippen molar-refractivity contribution in [3.8, 4) is 0 Å². The predicted octanol–water partition coefficient (Wildman–Crippen LogP) is 3.37. The Bertz CT molecular complexity index is 1070. The molecule has 10 heteroatoms. The standard InChI is InChI=1S/C15H12BrClN2O5S/c16-11-2-1-3-13-15(11)9(8-20)7-18(13)25(23,24)10-4-5-12(17)14(6-10)19(21)22/h1-7,20-22H,8H2. The number of hydrogen-bond acceptors (Lipinski definition) is 6. The molecule has 3 aromatic rings. The maximum atomic E-state index is 13.0. The second-order valence-electron chi connectivity index (χ2n) is 5.15. The average molecular weight is 448 g/mol. The van der Waals surface area contributed by atoms with Gasteiger partial charge in [0.25, 0.3) is 10.0 Å². The van der Waals surface area contributed by atoms with Gasteiger partial charge in [-0.25, -0.2) is 12.4 Å². The van der Waals surface area contributed by atoms with Crippen LogP contribution in [0, 0.1) is 0 Å². The fourth-order valence-corrected chi connectivity index (χ4v) is 4.74. The lowest BCUT2D eigenvalue weighted by molar-refractivity contribution is 0.0291. The van der Waals surface area contributed by atoms with Crippen molar-refractivity contribution in [2.24, 2.45) is 0 Å². The largest absolute Gasteiger partial charge is 0.392 e. The highest BCUT2D eigenvalue weighted by Crippen LogP contribution is 2.33. The van der Waals surface area contributed by atoms with Crippen molar-refractivity contribution in [1.29, 1.82) is 0 Å². The number of nitrogens with zero attached hydrogens (tertiary/aromatic N) is 2. The van der Waals surface area contributed by atoms with Crippen LogP contribution in [0.2, 0.25) is 5.02 Å². The van der Waals surface area contributed by atoms with Crippen LogP contribution < -0.4 is 5.23 Å². The lowest BCUT2D eigenvalue weighted by Gasteiger charge is -2.13. The summed E-state index contributed by atoms with van der Waals surface area (Å²) in [5.74, 6) is 0. The highest BCUT2D eigenvalue weighted by molar-refractivity contribution is 9.10. The predicted molar refractivity (Wildman–Crippen MR) is 95.6 cm³/mol. The van der Waals surface area contributed by atoms with Gasteiger partial charge in [-0.1, -0.05) is 33.6 Å². The second kappa shape index (κ2) is 6.60. The molecular weight excluding hydrogens is 436 g/mol. The normalized spacial score (nSPS) is 11.9. The summed E-state index contributed by atoms with van der Waals surface area (Å²) in [5.41, 5.74) is 0.536. The van der Waals surface area contributed by atoms with Crippen LogP contribution in [0.25, 0.3) is 10.9 Å². The fourth-order valence-electron chi connectivity index (χ4n) is 2.53. The minimum absolute atomic E-state index is 0.0277. The topological polar surface area (TPSA) is 103 Å². The second-order valence-corrected chi connectivity index (χ2v) is 8.23. The minimum atomic E-state index is -4.07. The molecule has 0 aliphatic carbocycles. The summed E-state index contributed by atoms with van der Waals surface area (Å²) in [5, 5.41) is 28.2. The first-order valence-electron chi connectivity index (χ1n) is 6.89. The van der Waals surface area contributed by atoms with E-state index in [1.54, 1.807) is 18.2 Å². The molecule has 132 valence electrons. The Morgan fingerprint density at radius 2 is 1.92 bits per heavy atom. The average Bonchev–Trinajstić information content (AvgIpc) is 2.95. The van der Waals surface area contributed by atoms with Crippen molar-refractivity contribution in [3.05, 3.63) is 57.7 Å². The Morgan fingerprint density at radius 1 is 1.20 bits per heavy atom. The van der Waals surface area contributed by atoms with E-state index in [1.807, 2.05) is 0 Å². The Labute approximate surface area is 156 Å². The van der Waals surface area contributed by atoms with Crippen LogP contribution in [0.15, 0.2) is 52.0 Å². The molecule has 3 N–H and O–H groups in total. The van der Waals surface area contributed by atoms with Gasteiger partial charge in [-0.2, -0.15) is 0 Å². The van der Waals surface area contributed by atoms with Crippen LogP contribution in [-0.2, 0) is 16.6 Å². The summed E-state index contributed by atoms with van der Waals surface area (Å²) < 4.78 is 27.7. The Kier molecular flexibility index (Phi) is 4.80. The van der Waals surface area contributed by atoms with Gasteiger partial charge in [-0.3, -0.25) is 10.4 Å². The number of aromatic nitrogens is 1. The van der Waals surface area contributed by atoms with Crippen molar-refractivity contribution in [2.75, 3.05) is 5.23 Å². The zero-order chi connectivity index (χ0) is 18.4. The maximum Gasteiger partial charge on any atom is 0.268 e. The first-order chi connectivity index (χ1) is 11.8. The molecule has 0 unspecified atom stereocenters. The van der Waals surface area contributed by atoms with E-state index in [1.165, 1.54) is 18.3 Å². The zero-order valence-corrected chi connectivity index (χ0v) is 15.6. The minimum Gasteiger partial charge on any atom is -0.392 e. The Balaban J connectivity index is 2.28. The highest BCUT2D eigenvalue weighted by atomic mass is 79.9. The molecule has 0 amide bonds. The van der Waals surface area contributed by atoms with Gasteiger partial charge in [0.1, 0.15) is 5.69 Å². The summed E-state index contributed by atoms with van der Waals surface area (Å²) in [7, 11) is -4.07. The number of aliphatic hydroxyl groups is 1. The summed E-state index contributed by atoms with van der Waals surface area (Å²) >= 11 is 9.18. The number of hydrogen-bond donors (Lipinski definition) is 3. The number of rotatable bonds is 4. The van der Waals surface area contributed by atoms with Gasteiger partial charge in [0, 0.05) is 21.6 Å². The molecule has 0 atom stereocenters. The molecule has 25 heavy (non-hydrogen) atoms. The SMILES string of the molecule is O=S(=O)(c1ccc(Cl)c(N(O)O)c1)n1cc(CO)c2c(Br)cccc21. The molecule has 0 saturated carbocycles. The molecule has 0 aliphatic rings. The van der Waals surface area contributed by atoms with Crippen LogP contribution in [0.5, 0.6) is 0 Å². The van der Waals surface area contributed by atoms with E-state index >= 15 is 0 Å². The molecule has 0 fully saturated rings. The van der Waals surface area contributed by atoms with Crippen molar-refractivity contribution in [2.45, 2.75) is 11.5 Å². The van der Waals surface area contributed by atoms with Gasteiger partial charge in [-0.05, 0) is 30.3 Å². The Hall–Kier alpha value is -1.62. The molecule has 7 nitrogen and oxygen atoms in total. The molecule has 1 aromatic heterocycles. The zero-order valence-electron chi connectivity index (χ0n) is 12.5. The third kappa shape index (κ3) is 3.03. The molecule has 3 rings (SSSR count). The molecule has 0 radical (unpaired) electrons. The summed E-state index contributed by atoms with van der Waals surface area (Å²) in [6.07, 6.45) is 1.33. The van der Waals surface area contributed by atoms with E-state index < -0.39 is 10.0 Å². The molecule has 0 bridgehead atoms. The molecule has 0 aliphatic heterocycles. The molecule has 0 saturated heterocycles. The van der Waals surface area contributed by atoms with Gasteiger partial charge in [0.2, 0.25) is 0 Å². The molecular formula is C15H12BrClN2O5S. The maximum absolute atomic E-state index is 13.0. The number of benzene rings is 2. The third-order valence-electron chi connectivity index (χ3n) is 3.68. The third-order valence-corrected chi connectivity index (χ3v) is 6.33. The van der Waals surface area contributed by atoms with E-state index in [0.29, 0.717) is 20.9 Å². The van der Waals surface area contributed by atoms with Crippen LogP contribution in [0.3, 0.4) is 0 Å². The lowest BCUT2D eigenvalue weighted by atomic mass is 10.2. The Morgan fingerprint density at radius 3 is 2.56 bits per heavy atom. The number of aliphatic hydroxyl groups excluding tert-OH is 1. The molecule has 1 heterocycles. The summed E-state index contributed by atoms with van der Waals surface area (Å²) in [4.78, 5) is -0.193. The molecule has 2 aromatic carbocycles. The highest BCUT2D eigenvalue weighted by Gasteiger charge is 2.23. The van der Waals surface area contributed by atoms with Gasteiger partial charge in [-0.15, -0.1) is 5.23 Å². The summed E-state index contributed by atoms with van der Waals surface area (Å²) in [6, 6.07) is 8.58. The molecule has 0 spiro atoms. The number of halogens is 2. The van der Waals surface area contributed by atoms with Gasteiger partial charge < -0.3 is 5.11 Å². The van der Waals surface area contributed by atoms with E-state index in [-0.39, 0.29) is 27.4 Å². The van der Waals surface area contributed by atoms with Gasteiger partial charge in [0.15, 0.2) is 0 Å². The van der Waals surface area contributed by atoms with Gasteiger partial charge in [0.05, 0.1) is 22.0 Å². The van der Waals surface area contributed by atoms with Crippen molar-refractivity contribution < 1.29 is 23.9 Å². The van der Waals surface area contributed by atoms with Crippen LogP contribution in [0.1, 0.15) is 5.56 Å². The van der Waals surface area contributed by atoms with Crippen molar-refractivity contribution in [1.82, 2.24) is 3.97 Å². The van der Waals surface area contributed by atoms with Crippen LogP contribution in [-0.4, -0.2) is 27.9 Å². The van der Waals surface area contributed by atoms with Crippen LogP contribution in [0.4, 0.5) is 5.69 Å². The van der Waals surface area contributed by atoms with E-state index in [4.69, 9.17) is 11.6 Å².